The molecule has 1 aliphatic carbocycles. The highest BCUT2D eigenvalue weighted by molar-refractivity contribution is 5.35. The summed E-state index contributed by atoms with van der Waals surface area (Å²) >= 11 is 0. The summed E-state index contributed by atoms with van der Waals surface area (Å²) in [6, 6.07) is 7.23. The van der Waals surface area contributed by atoms with Gasteiger partial charge in [0.25, 0.3) is 5.92 Å². The molecule has 1 aromatic carbocycles. The number of aliphatic hydroxyl groups is 4. The minimum Gasteiger partial charge on any atom is -0.491 e. The van der Waals surface area contributed by atoms with E-state index in [1.165, 1.54) is 0 Å². The van der Waals surface area contributed by atoms with E-state index in [1.54, 1.807) is 10.9 Å². The van der Waals surface area contributed by atoms with E-state index in [0.717, 1.165) is 5.56 Å². The smallest absolute Gasteiger partial charge is 0.294 e. The third kappa shape index (κ3) is 5.29. The molecular weight excluding hydrogens is 438 g/mol. The number of ether oxygens (including phenoxy) is 2. The summed E-state index contributed by atoms with van der Waals surface area (Å²) in [5, 5.41) is 43.9. The van der Waals surface area contributed by atoms with Crippen molar-refractivity contribution >= 4 is 0 Å². The van der Waals surface area contributed by atoms with Crippen molar-refractivity contribution in [1.29, 1.82) is 0 Å². The largest absolute Gasteiger partial charge is 0.491 e. The number of aromatic nitrogens is 2. The SMILES string of the molecule is CC(C)Oc1ccc(Cc2cn(C(C)C)nc2O[C@H]2[C@H](O)[C@@H](O)[C@H](O)[C@@H](CO)C2(F)F)cc1. The molecule has 2 aromatic rings. The number of aliphatic hydroxyl groups excluding tert-OH is 4. The van der Waals surface area contributed by atoms with E-state index in [4.69, 9.17) is 9.47 Å². The number of hydrogen-bond acceptors (Lipinski definition) is 7. The molecule has 184 valence electrons. The molecule has 5 atom stereocenters. The van der Waals surface area contributed by atoms with Crippen molar-refractivity contribution in [2.24, 2.45) is 5.92 Å². The summed E-state index contributed by atoms with van der Waals surface area (Å²) in [6.45, 7) is 6.49. The van der Waals surface area contributed by atoms with Gasteiger partial charge in [-0.05, 0) is 45.4 Å². The molecule has 0 radical (unpaired) electrons. The normalized spacial score (nSPS) is 27.2. The summed E-state index contributed by atoms with van der Waals surface area (Å²) in [7, 11) is 0. The fourth-order valence-corrected chi connectivity index (χ4v) is 3.86. The molecule has 10 heteroatoms. The maximum atomic E-state index is 15.0. The second-order valence-electron chi connectivity index (χ2n) is 8.99. The van der Waals surface area contributed by atoms with Gasteiger partial charge in [-0.1, -0.05) is 12.1 Å². The molecule has 0 unspecified atom stereocenters. The molecule has 4 N–H and O–H groups in total. The van der Waals surface area contributed by atoms with Crippen LogP contribution < -0.4 is 9.47 Å². The molecule has 0 amide bonds. The average molecular weight is 471 g/mol. The van der Waals surface area contributed by atoms with E-state index in [2.05, 4.69) is 5.10 Å². The molecule has 3 rings (SSSR count). The molecule has 1 saturated carbocycles. The summed E-state index contributed by atoms with van der Waals surface area (Å²) in [6.07, 6.45) is -6.17. The molecule has 0 spiro atoms. The zero-order chi connectivity index (χ0) is 24.5. The lowest BCUT2D eigenvalue weighted by atomic mass is 9.78. The molecule has 0 saturated heterocycles. The summed E-state index contributed by atoms with van der Waals surface area (Å²) in [5.41, 5.74) is 1.37. The Bertz CT molecular complexity index is 918. The van der Waals surface area contributed by atoms with E-state index in [-0.39, 0.29) is 18.0 Å². The fraction of sp³-hybridized carbons (Fsp3) is 0.609. The van der Waals surface area contributed by atoms with Gasteiger partial charge in [0.1, 0.15) is 18.0 Å². The van der Waals surface area contributed by atoms with Crippen LogP contribution in [0.2, 0.25) is 0 Å². The molecule has 0 bridgehead atoms. The Labute approximate surface area is 191 Å². The van der Waals surface area contributed by atoms with E-state index in [0.29, 0.717) is 17.7 Å². The van der Waals surface area contributed by atoms with Crippen LogP contribution in [0.1, 0.15) is 44.9 Å². The molecule has 1 aliphatic rings. The van der Waals surface area contributed by atoms with Gasteiger partial charge >= 0.3 is 0 Å². The van der Waals surface area contributed by atoms with Crippen molar-refractivity contribution in [2.45, 2.75) is 76.6 Å². The lowest BCUT2D eigenvalue weighted by Crippen LogP contribution is -2.67. The van der Waals surface area contributed by atoms with Crippen LogP contribution in [0.4, 0.5) is 8.78 Å². The van der Waals surface area contributed by atoms with Gasteiger partial charge < -0.3 is 29.9 Å². The number of nitrogens with zero attached hydrogens (tertiary/aromatic N) is 2. The Hall–Kier alpha value is -2.27. The zero-order valence-corrected chi connectivity index (χ0v) is 19.1. The van der Waals surface area contributed by atoms with E-state index in [1.807, 2.05) is 52.0 Å². The minimum absolute atomic E-state index is 0.0281. The highest BCUT2D eigenvalue weighted by Gasteiger charge is 2.62. The van der Waals surface area contributed by atoms with Gasteiger partial charge in [-0.2, -0.15) is 0 Å². The van der Waals surface area contributed by atoms with Crippen LogP contribution in [-0.2, 0) is 6.42 Å². The van der Waals surface area contributed by atoms with Crippen molar-refractivity contribution < 1.29 is 38.7 Å². The summed E-state index contributed by atoms with van der Waals surface area (Å²) in [5.74, 6) is -5.22. The van der Waals surface area contributed by atoms with Crippen LogP contribution in [0.15, 0.2) is 30.5 Å². The number of alkyl halides is 2. The minimum atomic E-state index is -3.82. The Morgan fingerprint density at radius 1 is 1.03 bits per heavy atom. The summed E-state index contributed by atoms with van der Waals surface area (Å²) < 4.78 is 42.7. The molecule has 33 heavy (non-hydrogen) atoms. The van der Waals surface area contributed by atoms with Crippen LogP contribution >= 0.6 is 0 Å². The van der Waals surface area contributed by atoms with Crippen molar-refractivity contribution in [2.75, 3.05) is 6.61 Å². The van der Waals surface area contributed by atoms with Crippen molar-refractivity contribution in [3.05, 3.63) is 41.6 Å². The average Bonchev–Trinajstić information content (AvgIpc) is 3.14. The van der Waals surface area contributed by atoms with Gasteiger partial charge in [0.15, 0.2) is 6.10 Å². The van der Waals surface area contributed by atoms with E-state index < -0.39 is 42.9 Å². The van der Waals surface area contributed by atoms with E-state index in [9.17, 15) is 20.4 Å². The first kappa shape index (κ1) is 25.4. The van der Waals surface area contributed by atoms with Gasteiger partial charge in [0.05, 0.1) is 24.7 Å². The third-order valence-corrected chi connectivity index (χ3v) is 5.72. The maximum absolute atomic E-state index is 15.0. The van der Waals surface area contributed by atoms with Gasteiger partial charge in [-0.15, -0.1) is 5.10 Å². The predicted molar refractivity (Wildman–Crippen MR) is 116 cm³/mol. The summed E-state index contributed by atoms with van der Waals surface area (Å²) in [4.78, 5) is 0. The highest BCUT2D eigenvalue weighted by Crippen LogP contribution is 2.41. The fourth-order valence-electron chi connectivity index (χ4n) is 3.86. The quantitative estimate of drug-likeness (QED) is 0.466. The lowest BCUT2D eigenvalue weighted by molar-refractivity contribution is -0.266. The van der Waals surface area contributed by atoms with Gasteiger partial charge in [0.2, 0.25) is 5.88 Å². The van der Waals surface area contributed by atoms with E-state index >= 15 is 8.78 Å². The highest BCUT2D eigenvalue weighted by atomic mass is 19.3. The first-order chi connectivity index (χ1) is 15.4. The Kier molecular flexibility index (Phi) is 7.62. The number of halogens is 2. The first-order valence-electron chi connectivity index (χ1n) is 11.0. The van der Waals surface area contributed by atoms with Crippen LogP contribution in [0.5, 0.6) is 11.6 Å². The Morgan fingerprint density at radius 2 is 1.67 bits per heavy atom. The molecule has 0 aliphatic heterocycles. The lowest BCUT2D eigenvalue weighted by Gasteiger charge is -2.44. The predicted octanol–water partition coefficient (Wildman–Crippen LogP) is 1.93. The monoisotopic (exact) mass is 470 g/mol. The maximum Gasteiger partial charge on any atom is 0.294 e. The van der Waals surface area contributed by atoms with Crippen molar-refractivity contribution in [1.82, 2.24) is 9.78 Å². The van der Waals surface area contributed by atoms with Crippen LogP contribution in [0.3, 0.4) is 0 Å². The number of rotatable bonds is 8. The molecule has 1 aromatic heterocycles. The van der Waals surface area contributed by atoms with Gasteiger partial charge in [-0.25, -0.2) is 8.78 Å². The number of hydrogen-bond donors (Lipinski definition) is 4. The van der Waals surface area contributed by atoms with Crippen LogP contribution in [-0.4, -0.2) is 73.3 Å². The van der Waals surface area contributed by atoms with Crippen molar-refractivity contribution in [3.63, 3.8) is 0 Å². The van der Waals surface area contributed by atoms with Crippen LogP contribution in [0.25, 0.3) is 0 Å². The molecule has 1 heterocycles. The first-order valence-corrected chi connectivity index (χ1v) is 11.0. The van der Waals surface area contributed by atoms with Gasteiger partial charge in [0, 0.05) is 24.2 Å². The molecular formula is C23H32F2N2O6. The Balaban J connectivity index is 1.90. The standard InChI is InChI=1S/C23H32F2N2O6/c1-12(2)27-10-15(9-14-5-7-16(8-6-14)32-13(3)4)22(26-27)33-21-20(31)19(30)18(29)17(11-28)23(21,24)25/h5-8,10,12-13,17-21,28-31H,9,11H2,1-4H3/t17-,18-,19+,20-,21+/m1/s1. The molecule has 8 nitrogen and oxygen atoms in total. The third-order valence-electron chi connectivity index (χ3n) is 5.72. The van der Waals surface area contributed by atoms with Gasteiger partial charge in [-0.3, -0.25) is 4.68 Å². The van der Waals surface area contributed by atoms with Crippen molar-refractivity contribution in [3.8, 4) is 11.6 Å². The second-order valence-corrected chi connectivity index (χ2v) is 8.99. The van der Waals surface area contributed by atoms with Crippen LogP contribution in [0, 0.1) is 5.92 Å². The molecule has 1 fully saturated rings. The topological polar surface area (TPSA) is 117 Å². The zero-order valence-electron chi connectivity index (χ0n) is 19.1. The second kappa shape index (κ2) is 9.92. The number of benzene rings is 1. The Morgan fingerprint density at radius 3 is 2.21 bits per heavy atom.